The van der Waals surface area contributed by atoms with Gasteiger partial charge in [0.2, 0.25) is 0 Å². The third-order valence-corrected chi connectivity index (χ3v) is 4.52. The van der Waals surface area contributed by atoms with Gasteiger partial charge >= 0.3 is 0 Å². The van der Waals surface area contributed by atoms with Gasteiger partial charge in [0.05, 0.1) is 6.10 Å². The van der Waals surface area contributed by atoms with Gasteiger partial charge in [-0.3, -0.25) is 0 Å². The van der Waals surface area contributed by atoms with Gasteiger partial charge < -0.3 is 5.11 Å². The molecule has 0 saturated heterocycles. The normalized spacial score (nSPS) is 30.2. The quantitative estimate of drug-likeness (QED) is 0.823. The first kappa shape index (κ1) is 12.6. The highest BCUT2D eigenvalue weighted by Crippen LogP contribution is 2.42. The van der Waals surface area contributed by atoms with Crippen molar-refractivity contribution in [2.45, 2.75) is 51.6 Å². The Morgan fingerprint density at radius 3 is 2.35 bits per heavy atom. The first-order chi connectivity index (χ1) is 8.01. The smallest absolute Gasteiger partial charge is 0.0579 e. The number of hydrogen-bond donors (Lipinski definition) is 1. The van der Waals surface area contributed by atoms with Crippen molar-refractivity contribution >= 4 is 0 Å². The molecule has 1 N–H and O–H groups in total. The van der Waals surface area contributed by atoms with Crippen LogP contribution in [0.3, 0.4) is 0 Å². The Morgan fingerprint density at radius 2 is 1.76 bits per heavy atom. The summed E-state index contributed by atoms with van der Waals surface area (Å²) in [6.45, 7) is 6.79. The molecule has 3 atom stereocenters. The molecule has 1 saturated carbocycles. The highest BCUT2D eigenvalue weighted by molar-refractivity contribution is 5.25. The minimum atomic E-state index is -0.144. The van der Waals surface area contributed by atoms with Crippen LogP contribution >= 0.6 is 0 Å². The molecule has 1 aromatic carbocycles. The molecule has 1 aromatic rings. The van der Waals surface area contributed by atoms with Crippen molar-refractivity contribution in [3.05, 3.63) is 35.9 Å². The summed E-state index contributed by atoms with van der Waals surface area (Å²) in [5.41, 5.74) is 1.42. The second-order valence-corrected chi connectivity index (χ2v) is 6.18. The van der Waals surface area contributed by atoms with Gasteiger partial charge in [-0.05, 0) is 35.7 Å². The maximum atomic E-state index is 10.3. The van der Waals surface area contributed by atoms with E-state index in [2.05, 4.69) is 51.1 Å². The first-order valence-corrected chi connectivity index (χ1v) is 6.75. The fourth-order valence-corrected chi connectivity index (χ4v) is 3.27. The summed E-state index contributed by atoms with van der Waals surface area (Å²) in [4.78, 5) is 0. The first-order valence-electron chi connectivity index (χ1n) is 6.75. The molecule has 17 heavy (non-hydrogen) atoms. The summed E-state index contributed by atoms with van der Waals surface area (Å²) in [5, 5.41) is 10.3. The summed E-state index contributed by atoms with van der Waals surface area (Å²) in [6.07, 6.45) is 3.21. The van der Waals surface area contributed by atoms with Crippen molar-refractivity contribution in [3.8, 4) is 0 Å². The van der Waals surface area contributed by atoms with Gasteiger partial charge in [0.1, 0.15) is 0 Å². The molecule has 0 aliphatic heterocycles. The Labute approximate surface area is 105 Å². The fraction of sp³-hybridized carbons (Fsp3) is 0.625. The third-order valence-electron chi connectivity index (χ3n) is 4.52. The lowest BCUT2D eigenvalue weighted by atomic mass is 9.64. The largest absolute Gasteiger partial charge is 0.393 e. The molecule has 1 heteroatoms. The molecule has 0 aromatic heterocycles. The van der Waals surface area contributed by atoms with Gasteiger partial charge in [-0.2, -0.15) is 0 Å². The Hall–Kier alpha value is -0.820. The van der Waals surface area contributed by atoms with Crippen LogP contribution in [0.2, 0.25) is 0 Å². The maximum absolute atomic E-state index is 10.3. The summed E-state index contributed by atoms with van der Waals surface area (Å²) in [7, 11) is 0. The summed E-state index contributed by atoms with van der Waals surface area (Å²) in [5.74, 6) is 1.06. The van der Waals surface area contributed by atoms with Crippen LogP contribution in [-0.2, 0) is 5.41 Å². The van der Waals surface area contributed by atoms with Crippen molar-refractivity contribution in [2.75, 3.05) is 0 Å². The Morgan fingerprint density at radius 1 is 1.12 bits per heavy atom. The maximum Gasteiger partial charge on any atom is 0.0579 e. The average molecular weight is 232 g/mol. The predicted octanol–water partition coefficient (Wildman–Crippen LogP) is 3.76. The molecule has 94 valence electrons. The van der Waals surface area contributed by atoms with E-state index in [1.165, 1.54) is 12.0 Å². The highest BCUT2D eigenvalue weighted by Gasteiger charge is 2.38. The van der Waals surface area contributed by atoms with Crippen LogP contribution in [0, 0.1) is 11.8 Å². The van der Waals surface area contributed by atoms with Crippen molar-refractivity contribution in [1.82, 2.24) is 0 Å². The molecule has 1 nitrogen and oxygen atoms in total. The molecule has 0 radical (unpaired) electrons. The SMILES string of the molecule is C[C@@H]1CCC(C(C)(C)c2ccccc2)[C@H](O)C1. The average Bonchev–Trinajstić information content (AvgIpc) is 2.29. The van der Waals surface area contributed by atoms with E-state index in [9.17, 15) is 5.11 Å². The molecule has 1 aliphatic carbocycles. The lowest BCUT2D eigenvalue weighted by Crippen LogP contribution is -2.41. The van der Waals surface area contributed by atoms with Crippen LogP contribution in [0.5, 0.6) is 0 Å². The van der Waals surface area contributed by atoms with E-state index in [1.54, 1.807) is 0 Å². The van der Waals surface area contributed by atoms with Crippen LogP contribution in [-0.4, -0.2) is 11.2 Å². The second kappa shape index (κ2) is 4.81. The Bertz CT molecular complexity index is 355. The lowest BCUT2D eigenvalue weighted by Gasteiger charge is -2.42. The monoisotopic (exact) mass is 232 g/mol. The minimum absolute atomic E-state index is 0.0703. The van der Waals surface area contributed by atoms with E-state index in [4.69, 9.17) is 0 Å². The standard InChI is InChI=1S/C16H24O/c1-12-9-10-14(15(17)11-12)16(2,3)13-7-5-4-6-8-13/h4-8,12,14-15,17H,9-11H2,1-3H3/t12-,14?,15-/m1/s1. The molecular formula is C16H24O. The van der Waals surface area contributed by atoms with Crippen molar-refractivity contribution in [3.63, 3.8) is 0 Å². The van der Waals surface area contributed by atoms with Crippen LogP contribution < -0.4 is 0 Å². The van der Waals surface area contributed by atoms with Gasteiger partial charge in [-0.15, -0.1) is 0 Å². The van der Waals surface area contributed by atoms with E-state index in [0.717, 1.165) is 12.8 Å². The van der Waals surface area contributed by atoms with Gasteiger partial charge in [-0.25, -0.2) is 0 Å². The molecule has 0 bridgehead atoms. The number of aliphatic hydroxyl groups excluding tert-OH is 1. The molecule has 0 amide bonds. The predicted molar refractivity (Wildman–Crippen MR) is 72.0 cm³/mol. The number of benzene rings is 1. The second-order valence-electron chi connectivity index (χ2n) is 6.18. The topological polar surface area (TPSA) is 20.2 Å². The molecule has 1 fully saturated rings. The van der Waals surface area contributed by atoms with E-state index in [0.29, 0.717) is 11.8 Å². The van der Waals surface area contributed by atoms with Crippen molar-refractivity contribution < 1.29 is 5.11 Å². The molecule has 1 aliphatic rings. The van der Waals surface area contributed by atoms with Gasteiger partial charge in [0.15, 0.2) is 0 Å². The Balaban J connectivity index is 2.21. The highest BCUT2D eigenvalue weighted by atomic mass is 16.3. The zero-order valence-electron chi connectivity index (χ0n) is 11.2. The van der Waals surface area contributed by atoms with E-state index < -0.39 is 0 Å². The molecule has 0 spiro atoms. The summed E-state index contributed by atoms with van der Waals surface area (Å²) >= 11 is 0. The third kappa shape index (κ3) is 2.55. The number of aliphatic hydroxyl groups is 1. The van der Waals surface area contributed by atoms with Crippen molar-refractivity contribution in [2.24, 2.45) is 11.8 Å². The van der Waals surface area contributed by atoms with E-state index in [1.807, 2.05) is 0 Å². The van der Waals surface area contributed by atoms with E-state index >= 15 is 0 Å². The molecular weight excluding hydrogens is 208 g/mol. The Kier molecular flexibility index (Phi) is 3.58. The van der Waals surface area contributed by atoms with Crippen LogP contribution in [0.15, 0.2) is 30.3 Å². The number of rotatable bonds is 2. The van der Waals surface area contributed by atoms with E-state index in [-0.39, 0.29) is 11.5 Å². The van der Waals surface area contributed by atoms with Gasteiger partial charge in [0.25, 0.3) is 0 Å². The van der Waals surface area contributed by atoms with Crippen molar-refractivity contribution in [1.29, 1.82) is 0 Å². The van der Waals surface area contributed by atoms with Gasteiger partial charge in [-0.1, -0.05) is 57.5 Å². The number of hydrogen-bond acceptors (Lipinski definition) is 1. The molecule has 0 heterocycles. The zero-order valence-corrected chi connectivity index (χ0v) is 11.2. The van der Waals surface area contributed by atoms with Gasteiger partial charge in [0, 0.05) is 0 Å². The summed E-state index contributed by atoms with van der Waals surface area (Å²) < 4.78 is 0. The lowest BCUT2D eigenvalue weighted by molar-refractivity contribution is 0.0143. The molecule has 1 unspecified atom stereocenters. The molecule has 2 rings (SSSR count). The van der Waals surface area contributed by atoms with Crippen LogP contribution in [0.25, 0.3) is 0 Å². The van der Waals surface area contributed by atoms with Crippen LogP contribution in [0.4, 0.5) is 0 Å². The summed E-state index contributed by atoms with van der Waals surface area (Å²) in [6, 6.07) is 10.6. The zero-order chi connectivity index (χ0) is 12.5. The fourth-order valence-electron chi connectivity index (χ4n) is 3.27. The minimum Gasteiger partial charge on any atom is -0.393 e. The van der Waals surface area contributed by atoms with Crippen LogP contribution in [0.1, 0.15) is 45.6 Å².